The summed E-state index contributed by atoms with van der Waals surface area (Å²) in [5.74, 6) is 0.955. The Balaban J connectivity index is 0.959. The highest BCUT2D eigenvalue weighted by Gasteiger charge is 2.32. The van der Waals surface area contributed by atoms with Crippen LogP contribution >= 0.6 is 11.3 Å². The van der Waals surface area contributed by atoms with Crippen molar-refractivity contribution in [3.63, 3.8) is 0 Å². The van der Waals surface area contributed by atoms with Crippen LogP contribution in [0.15, 0.2) is 84.6 Å². The lowest BCUT2D eigenvalue weighted by atomic mass is 9.91. The first-order chi connectivity index (χ1) is 22.8. The minimum Gasteiger partial charge on any atom is -0.356 e. The molecular weight excluding hydrogens is 623 g/mol. The maximum atomic E-state index is 13.6. The molecule has 2 fully saturated rings. The predicted molar refractivity (Wildman–Crippen MR) is 176 cm³/mol. The lowest BCUT2D eigenvalue weighted by Gasteiger charge is -2.32. The van der Waals surface area contributed by atoms with Crippen molar-refractivity contribution in [2.75, 3.05) is 31.1 Å². The molecule has 3 aromatic heterocycles. The van der Waals surface area contributed by atoms with Crippen LogP contribution in [0.3, 0.4) is 0 Å². The number of rotatable bonds is 6. The second-order valence-electron chi connectivity index (χ2n) is 12.1. The Morgan fingerprint density at radius 2 is 1.60 bits per heavy atom. The molecule has 2 aliphatic rings. The largest absolute Gasteiger partial charge is 0.416 e. The van der Waals surface area contributed by atoms with Crippen molar-refractivity contribution >= 4 is 39.6 Å². The number of nitrogens with zero attached hydrogens (tertiary/aromatic N) is 5. The molecule has 0 radical (unpaired) electrons. The number of amides is 1. The van der Waals surface area contributed by atoms with Gasteiger partial charge in [0.05, 0.1) is 10.6 Å². The molecule has 7 rings (SSSR count). The van der Waals surface area contributed by atoms with Gasteiger partial charge < -0.3 is 9.80 Å². The Hall–Kier alpha value is -4.64. The zero-order chi connectivity index (χ0) is 32.5. The van der Waals surface area contributed by atoms with Gasteiger partial charge in [-0.15, -0.1) is 11.3 Å². The monoisotopic (exact) mass is 655 g/mol. The van der Waals surface area contributed by atoms with Crippen LogP contribution in [0.2, 0.25) is 0 Å². The number of alkyl halides is 3. The molecule has 0 spiro atoms. The summed E-state index contributed by atoms with van der Waals surface area (Å²) in [5.41, 5.74) is 1.43. The van der Waals surface area contributed by atoms with Crippen molar-refractivity contribution in [1.82, 2.24) is 19.9 Å². The van der Waals surface area contributed by atoms with Crippen LogP contribution in [0.25, 0.3) is 21.9 Å². The van der Waals surface area contributed by atoms with E-state index in [1.54, 1.807) is 41.6 Å². The molecule has 7 nitrogen and oxygen atoms in total. The number of fused-ring (bicyclic) bond motifs is 1. The number of piperidine rings is 2. The van der Waals surface area contributed by atoms with Crippen molar-refractivity contribution in [3.8, 4) is 11.1 Å². The third kappa shape index (κ3) is 6.36. The highest BCUT2D eigenvalue weighted by molar-refractivity contribution is 7.09. The Bertz CT molecular complexity index is 1900. The maximum Gasteiger partial charge on any atom is 0.416 e. The number of carbonyl (C=O) groups is 2. The molecule has 0 N–H and O–H groups in total. The van der Waals surface area contributed by atoms with E-state index >= 15 is 0 Å². The summed E-state index contributed by atoms with van der Waals surface area (Å²) in [6.45, 7) is 2.56. The van der Waals surface area contributed by atoms with Gasteiger partial charge >= 0.3 is 6.18 Å². The number of carbonyl (C=O) groups excluding carboxylic acids is 2. The summed E-state index contributed by atoms with van der Waals surface area (Å²) >= 11 is 1.51. The number of likely N-dealkylation sites (tertiary alicyclic amines) is 1. The molecule has 2 aromatic carbocycles. The molecule has 1 amide bonds. The molecule has 0 saturated carbocycles. The lowest BCUT2D eigenvalue weighted by Crippen LogP contribution is -2.38. The standard InChI is InChI=1S/C36H32F3N5O2S/c37-36(38,39)27-7-5-23(6-8-27)28-3-1-2-4-30(28)35(46)44-19-13-25(14-20-44)34-42-31(22-47-34)32(45)24-11-17-43(18-12-24)33-29-10-15-40-21-26(29)9-16-41-33/h1-10,15-16,21-22,24-25H,11-14,17-20H2. The Morgan fingerprint density at radius 1 is 0.851 bits per heavy atom. The normalized spacial score (nSPS) is 16.5. The lowest BCUT2D eigenvalue weighted by molar-refractivity contribution is -0.137. The van der Waals surface area contributed by atoms with E-state index in [2.05, 4.69) is 14.9 Å². The number of anilines is 1. The van der Waals surface area contributed by atoms with Crippen LogP contribution in [-0.2, 0) is 6.18 Å². The molecule has 0 unspecified atom stereocenters. The smallest absolute Gasteiger partial charge is 0.356 e. The molecule has 240 valence electrons. The third-order valence-corrected chi connectivity index (χ3v) is 10.3. The number of hydrogen-bond donors (Lipinski definition) is 0. The zero-order valence-electron chi connectivity index (χ0n) is 25.5. The molecule has 5 heterocycles. The van der Waals surface area contributed by atoms with Crippen LogP contribution in [0.4, 0.5) is 19.0 Å². The van der Waals surface area contributed by atoms with E-state index in [4.69, 9.17) is 4.98 Å². The Morgan fingerprint density at radius 3 is 2.34 bits per heavy atom. The molecule has 0 atom stereocenters. The van der Waals surface area contributed by atoms with Gasteiger partial charge in [0, 0.05) is 78.3 Å². The van der Waals surface area contributed by atoms with Gasteiger partial charge in [-0.25, -0.2) is 9.97 Å². The molecule has 0 bridgehead atoms. The minimum atomic E-state index is -4.42. The number of halogens is 3. The fourth-order valence-electron chi connectivity index (χ4n) is 6.66. The first-order valence-corrected chi connectivity index (χ1v) is 16.6. The van der Waals surface area contributed by atoms with Gasteiger partial charge in [-0.05, 0) is 67.1 Å². The van der Waals surface area contributed by atoms with Gasteiger partial charge in [-0.3, -0.25) is 14.6 Å². The van der Waals surface area contributed by atoms with Crippen molar-refractivity contribution < 1.29 is 22.8 Å². The fraction of sp³-hybridized carbons (Fsp3) is 0.306. The average Bonchev–Trinajstić information content (AvgIpc) is 3.61. The maximum absolute atomic E-state index is 13.6. The fourth-order valence-corrected chi connectivity index (χ4v) is 7.64. The van der Waals surface area contributed by atoms with E-state index in [-0.39, 0.29) is 23.5 Å². The number of Topliss-reactive ketones (excluding diaryl/α,β-unsaturated/α-hetero) is 1. The van der Waals surface area contributed by atoms with Crippen molar-refractivity contribution in [2.24, 2.45) is 5.92 Å². The zero-order valence-corrected chi connectivity index (χ0v) is 26.3. The SMILES string of the molecule is O=C(c1csc(C2CCN(C(=O)c3ccccc3-c3ccc(C(F)(F)F)cc3)CC2)n1)C1CCN(c2nccc3cnccc23)CC1. The molecule has 5 aromatic rings. The molecule has 2 saturated heterocycles. The van der Waals surface area contributed by atoms with Crippen LogP contribution in [0.1, 0.15) is 63.0 Å². The first kappa shape index (κ1) is 31.0. The summed E-state index contributed by atoms with van der Waals surface area (Å²) in [6, 6.07) is 15.9. The Labute approximate surface area is 274 Å². The van der Waals surface area contributed by atoms with Gasteiger partial charge in [-0.1, -0.05) is 30.3 Å². The third-order valence-electron chi connectivity index (χ3n) is 9.30. The van der Waals surface area contributed by atoms with E-state index in [1.165, 1.54) is 23.5 Å². The van der Waals surface area contributed by atoms with Gasteiger partial charge in [-0.2, -0.15) is 13.2 Å². The van der Waals surface area contributed by atoms with Crippen molar-refractivity contribution in [1.29, 1.82) is 0 Å². The van der Waals surface area contributed by atoms with Gasteiger partial charge in [0.2, 0.25) is 0 Å². The first-order valence-electron chi connectivity index (χ1n) is 15.8. The van der Waals surface area contributed by atoms with Crippen LogP contribution < -0.4 is 4.90 Å². The van der Waals surface area contributed by atoms with Gasteiger partial charge in [0.25, 0.3) is 5.91 Å². The topological polar surface area (TPSA) is 79.3 Å². The van der Waals surface area contributed by atoms with Crippen molar-refractivity contribution in [3.05, 3.63) is 106 Å². The quantitative estimate of drug-likeness (QED) is 0.173. The Kier molecular flexibility index (Phi) is 8.48. The second-order valence-corrected chi connectivity index (χ2v) is 13.0. The van der Waals surface area contributed by atoms with E-state index in [1.807, 2.05) is 23.7 Å². The van der Waals surface area contributed by atoms with Crippen LogP contribution in [0.5, 0.6) is 0 Å². The molecule has 0 aliphatic carbocycles. The van der Waals surface area contributed by atoms with E-state index in [0.717, 1.165) is 72.5 Å². The van der Waals surface area contributed by atoms with Crippen LogP contribution in [-0.4, -0.2) is 57.7 Å². The van der Waals surface area contributed by atoms with E-state index < -0.39 is 11.7 Å². The van der Waals surface area contributed by atoms with E-state index in [9.17, 15) is 22.8 Å². The summed E-state index contributed by atoms with van der Waals surface area (Å²) in [6.07, 6.45) is 3.92. The summed E-state index contributed by atoms with van der Waals surface area (Å²) < 4.78 is 39.2. The summed E-state index contributed by atoms with van der Waals surface area (Å²) in [7, 11) is 0. The van der Waals surface area contributed by atoms with Gasteiger partial charge in [0.15, 0.2) is 5.78 Å². The molecule has 47 heavy (non-hydrogen) atoms. The molecule has 11 heteroatoms. The number of ketones is 1. The summed E-state index contributed by atoms with van der Waals surface area (Å²) in [5, 5.41) is 4.91. The second kappa shape index (κ2) is 12.9. The minimum absolute atomic E-state index is 0.0814. The molecule has 2 aliphatic heterocycles. The average molecular weight is 656 g/mol. The number of benzene rings is 2. The number of aromatic nitrogens is 3. The van der Waals surface area contributed by atoms with Crippen molar-refractivity contribution in [2.45, 2.75) is 37.8 Å². The number of thiazole rings is 1. The van der Waals surface area contributed by atoms with Gasteiger partial charge in [0.1, 0.15) is 11.5 Å². The number of pyridine rings is 2. The number of hydrogen-bond acceptors (Lipinski definition) is 7. The van der Waals surface area contributed by atoms with E-state index in [0.29, 0.717) is 35.5 Å². The highest BCUT2D eigenvalue weighted by Crippen LogP contribution is 2.35. The van der Waals surface area contributed by atoms with Crippen LogP contribution in [0, 0.1) is 5.92 Å². The summed E-state index contributed by atoms with van der Waals surface area (Å²) in [4.78, 5) is 44.7. The predicted octanol–water partition coefficient (Wildman–Crippen LogP) is 7.89. The molecular formula is C36H32F3N5O2S. The highest BCUT2D eigenvalue weighted by atomic mass is 32.1.